The summed E-state index contributed by atoms with van der Waals surface area (Å²) in [5, 5.41) is 13.4. The van der Waals surface area contributed by atoms with Crippen LogP contribution in [0.25, 0.3) is 0 Å². The van der Waals surface area contributed by atoms with Crippen molar-refractivity contribution in [2.45, 2.75) is 46.5 Å². The first kappa shape index (κ1) is 15.2. The molecule has 0 atom stereocenters. The van der Waals surface area contributed by atoms with E-state index < -0.39 is 0 Å². The average molecular weight is 259 g/mol. The summed E-state index contributed by atoms with van der Waals surface area (Å²) in [5.41, 5.74) is 2.70. The third-order valence-electron chi connectivity index (χ3n) is 3.23. The first-order valence-corrected chi connectivity index (χ1v) is 6.41. The lowest BCUT2D eigenvalue weighted by atomic mass is 9.84. The number of hydrogen-bond donors (Lipinski definition) is 0. The van der Waals surface area contributed by atoms with Crippen LogP contribution in [-0.2, 0) is 12.5 Å². The number of rotatable bonds is 4. The molecule has 0 unspecified atom stereocenters. The quantitative estimate of drug-likeness (QED) is 0.616. The van der Waals surface area contributed by atoms with Crippen molar-refractivity contribution in [3.8, 4) is 6.07 Å². The summed E-state index contributed by atoms with van der Waals surface area (Å²) >= 11 is 0. The minimum atomic E-state index is -0.367. The summed E-state index contributed by atoms with van der Waals surface area (Å²) in [4.78, 5) is 11.9. The van der Waals surface area contributed by atoms with Crippen molar-refractivity contribution in [3.05, 3.63) is 28.6 Å². The fourth-order valence-electron chi connectivity index (χ4n) is 2.44. The Morgan fingerprint density at radius 1 is 1.53 bits per heavy atom. The summed E-state index contributed by atoms with van der Waals surface area (Å²) < 4.78 is 1.65. The SMILES string of the molecule is CCC(=O)c1c(C)c(C(C)(C)/C=C(\C)C#N)nn1C. The normalized spacial score (nSPS) is 12.4. The van der Waals surface area contributed by atoms with E-state index in [0.29, 0.717) is 17.7 Å². The summed E-state index contributed by atoms with van der Waals surface area (Å²) in [7, 11) is 1.79. The van der Waals surface area contributed by atoms with Gasteiger partial charge in [-0.25, -0.2) is 0 Å². The molecular formula is C15H21N3O. The number of ketones is 1. The lowest BCUT2D eigenvalue weighted by Crippen LogP contribution is -2.16. The molecule has 1 rings (SSSR count). The van der Waals surface area contributed by atoms with Gasteiger partial charge in [0.05, 0.1) is 11.8 Å². The standard InChI is InChI=1S/C15H21N3O/c1-7-12(19)13-11(3)14(17-18(13)6)15(4,5)8-10(2)9-16/h8H,7H2,1-6H3/b10-8+. The van der Waals surface area contributed by atoms with E-state index in [1.165, 1.54) is 0 Å². The van der Waals surface area contributed by atoms with E-state index in [2.05, 4.69) is 11.2 Å². The topological polar surface area (TPSA) is 58.7 Å². The van der Waals surface area contributed by atoms with Gasteiger partial charge in [-0.15, -0.1) is 0 Å². The molecule has 0 aliphatic rings. The molecule has 1 heterocycles. The molecule has 1 aromatic heterocycles. The number of hydrogen-bond acceptors (Lipinski definition) is 3. The molecule has 4 heteroatoms. The zero-order valence-corrected chi connectivity index (χ0v) is 12.5. The first-order chi connectivity index (χ1) is 8.74. The molecule has 0 saturated heterocycles. The zero-order chi connectivity index (χ0) is 14.8. The molecule has 0 aliphatic carbocycles. The van der Waals surface area contributed by atoms with Crippen molar-refractivity contribution in [2.24, 2.45) is 7.05 Å². The molecule has 0 aliphatic heterocycles. The van der Waals surface area contributed by atoms with Gasteiger partial charge in [0, 0.05) is 30.0 Å². The van der Waals surface area contributed by atoms with Crippen molar-refractivity contribution < 1.29 is 4.79 Å². The summed E-state index contributed by atoms with van der Waals surface area (Å²) in [6, 6.07) is 2.13. The summed E-state index contributed by atoms with van der Waals surface area (Å²) in [6.07, 6.45) is 2.36. The molecule has 0 bridgehead atoms. The number of aromatic nitrogens is 2. The number of Topliss-reactive ketones (excluding diaryl/α,β-unsaturated/α-hetero) is 1. The second-order valence-corrected chi connectivity index (χ2v) is 5.38. The van der Waals surface area contributed by atoms with Gasteiger partial charge in [0.15, 0.2) is 5.78 Å². The maximum absolute atomic E-state index is 11.9. The minimum Gasteiger partial charge on any atom is -0.292 e. The molecule has 1 aromatic rings. The second kappa shape index (κ2) is 5.40. The first-order valence-electron chi connectivity index (χ1n) is 6.41. The second-order valence-electron chi connectivity index (χ2n) is 5.38. The summed E-state index contributed by atoms with van der Waals surface area (Å²) in [6.45, 7) is 9.55. The van der Waals surface area contributed by atoms with Crippen LogP contribution in [0.4, 0.5) is 0 Å². The number of aryl methyl sites for hydroxylation is 1. The largest absolute Gasteiger partial charge is 0.292 e. The Balaban J connectivity index is 3.39. The van der Waals surface area contributed by atoms with Crippen molar-refractivity contribution in [1.82, 2.24) is 9.78 Å². The van der Waals surface area contributed by atoms with Crippen LogP contribution in [0, 0.1) is 18.3 Å². The predicted molar refractivity (Wildman–Crippen MR) is 75.0 cm³/mol. The van der Waals surface area contributed by atoms with Crippen molar-refractivity contribution in [1.29, 1.82) is 5.26 Å². The highest BCUT2D eigenvalue weighted by molar-refractivity contribution is 5.95. The molecule has 0 N–H and O–H groups in total. The van der Waals surface area contributed by atoms with Crippen LogP contribution in [0.15, 0.2) is 11.6 Å². The molecule has 0 aromatic carbocycles. The molecule has 0 fully saturated rings. The Morgan fingerprint density at radius 2 is 2.11 bits per heavy atom. The zero-order valence-electron chi connectivity index (χ0n) is 12.5. The highest BCUT2D eigenvalue weighted by atomic mass is 16.1. The van der Waals surface area contributed by atoms with Gasteiger partial charge in [0.2, 0.25) is 0 Å². The smallest absolute Gasteiger partial charge is 0.180 e. The van der Waals surface area contributed by atoms with Gasteiger partial charge in [0.25, 0.3) is 0 Å². The Bertz CT molecular complexity index is 571. The Labute approximate surface area is 114 Å². The van der Waals surface area contributed by atoms with E-state index in [-0.39, 0.29) is 11.2 Å². The van der Waals surface area contributed by atoms with Crippen LogP contribution in [-0.4, -0.2) is 15.6 Å². The van der Waals surface area contributed by atoms with Gasteiger partial charge in [-0.1, -0.05) is 26.8 Å². The molecule has 19 heavy (non-hydrogen) atoms. The number of carbonyl (C=O) groups excluding carboxylic acids is 1. The van der Waals surface area contributed by atoms with Gasteiger partial charge in [-0.2, -0.15) is 10.4 Å². The number of nitriles is 1. The van der Waals surface area contributed by atoms with E-state index in [0.717, 1.165) is 11.3 Å². The van der Waals surface area contributed by atoms with E-state index in [4.69, 9.17) is 5.26 Å². The molecule has 0 amide bonds. The van der Waals surface area contributed by atoms with Crippen LogP contribution in [0.5, 0.6) is 0 Å². The van der Waals surface area contributed by atoms with Crippen molar-refractivity contribution in [2.75, 3.05) is 0 Å². The lowest BCUT2D eigenvalue weighted by Gasteiger charge is -2.19. The highest BCUT2D eigenvalue weighted by Crippen LogP contribution is 2.29. The molecule has 0 spiro atoms. The maximum Gasteiger partial charge on any atom is 0.180 e. The van der Waals surface area contributed by atoms with E-state index in [1.807, 2.05) is 33.8 Å². The predicted octanol–water partition coefficient (Wildman–Crippen LogP) is 3.07. The molecule has 0 saturated carbocycles. The third kappa shape index (κ3) is 2.93. The Hall–Kier alpha value is -1.89. The van der Waals surface area contributed by atoms with Crippen LogP contribution >= 0.6 is 0 Å². The Kier molecular flexibility index (Phi) is 4.31. The third-order valence-corrected chi connectivity index (χ3v) is 3.23. The molecule has 4 nitrogen and oxygen atoms in total. The highest BCUT2D eigenvalue weighted by Gasteiger charge is 2.28. The van der Waals surface area contributed by atoms with Crippen molar-refractivity contribution in [3.63, 3.8) is 0 Å². The van der Waals surface area contributed by atoms with Crippen LogP contribution in [0.1, 0.15) is 55.9 Å². The molecular weight excluding hydrogens is 238 g/mol. The lowest BCUT2D eigenvalue weighted by molar-refractivity contribution is 0.0978. The molecule has 102 valence electrons. The van der Waals surface area contributed by atoms with Crippen molar-refractivity contribution >= 4 is 5.78 Å². The van der Waals surface area contributed by atoms with Gasteiger partial charge in [-0.05, 0) is 13.8 Å². The Morgan fingerprint density at radius 3 is 2.58 bits per heavy atom. The van der Waals surface area contributed by atoms with E-state index >= 15 is 0 Å². The fraction of sp³-hybridized carbons (Fsp3) is 0.533. The van der Waals surface area contributed by atoms with Crippen LogP contribution in [0.3, 0.4) is 0 Å². The molecule has 0 radical (unpaired) electrons. The monoisotopic (exact) mass is 259 g/mol. The number of carbonyl (C=O) groups is 1. The van der Waals surface area contributed by atoms with Gasteiger partial charge in [-0.3, -0.25) is 9.48 Å². The number of nitrogens with zero attached hydrogens (tertiary/aromatic N) is 3. The van der Waals surface area contributed by atoms with Crippen LogP contribution in [0.2, 0.25) is 0 Å². The maximum atomic E-state index is 11.9. The van der Waals surface area contributed by atoms with Gasteiger partial charge < -0.3 is 0 Å². The minimum absolute atomic E-state index is 0.0931. The van der Waals surface area contributed by atoms with Crippen LogP contribution < -0.4 is 0 Å². The number of allylic oxidation sites excluding steroid dienone is 2. The van der Waals surface area contributed by atoms with Gasteiger partial charge >= 0.3 is 0 Å². The fourth-order valence-corrected chi connectivity index (χ4v) is 2.44. The van der Waals surface area contributed by atoms with E-state index in [9.17, 15) is 4.79 Å². The average Bonchev–Trinajstić information content (AvgIpc) is 2.64. The summed E-state index contributed by atoms with van der Waals surface area (Å²) in [5.74, 6) is 0.0931. The van der Waals surface area contributed by atoms with Gasteiger partial charge in [0.1, 0.15) is 5.69 Å². The van der Waals surface area contributed by atoms with E-state index in [1.54, 1.807) is 18.7 Å².